The minimum absolute atomic E-state index is 0.0337. The molecule has 3 N–H and O–H groups in total. The molecule has 1 aromatic rings. The Morgan fingerprint density at radius 3 is 1.84 bits per heavy atom. The molecule has 3 heterocycles. The Kier molecular flexibility index (Phi) is 32.0. The zero-order valence-corrected chi connectivity index (χ0v) is 65.3. The number of carbonyl (C=O) groups is 12. The number of amides is 12. The molecule has 5 fully saturated rings. The fourth-order valence-corrected chi connectivity index (χ4v) is 15.3. The molecule has 2 saturated carbocycles. The second-order valence-electron chi connectivity index (χ2n) is 30.6. The number of likely N-dealkylation sites (tertiary alicyclic amines) is 1. The van der Waals surface area contributed by atoms with Crippen LogP contribution in [0.4, 0.5) is 22.0 Å². The van der Waals surface area contributed by atoms with Crippen LogP contribution in [0.5, 0.6) is 0 Å². The molecule has 2 aliphatic carbocycles. The van der Waals surface area contributed by atoms with Gasteiger partial charge in [0.05, 0.1) is 43.2 Å². The number of aryl methyl sites for hydroxylation is 1. The summed E-state index contributed by atoms with van der Waals surface area (Å²) in [6.07, 6.45) is 1.20. The molecule has 1 unspecified atom stereocenters. The number of likely N-dealkylation sites (N-methyl/N-ethyl adjacent to an activating group) is 8. The van der Waals surface area contributed by atoms with Crippen molar-refractivity contribution in [2.75, 3.05) is 109 Å². The zero-order valence-electron chi connectivity index (χ0n) is 64.5. The summed E-state index contributed by atoms with van der Waals surface area (Å²) in [4.78, 5) is 192. The summed E-state index contributed by atoms with van der Waals surface area (Å²) >= 11 is 6.16. The van der Waals surface area contributed by atoms with Gasteiger partial charge in [-0.3, -0.25) is 62.4 Å². The normalized spacial score (nSPS) is 27.3. The maximum Gasteiger partial charge on any atom is 0.417 e. The molecule has 0 bridgehead atoms. The first-order chi connectivity index (χ1) is 49.7. The highest BCUT2D eigenvalue weighted by Crippen LogP contribution is 2.37. The molecule has 6 rings (SSSR count). The zero-order chi connectivity index (χ0) is 79.1. The average molecular weight is 1530 g/mol. The van der Waals surface area contributed by atoms with Gasteiger partial charge in [0, 0.05) is 83.1 Å². The smallest absolute Gasteiger partial charge is 0.379 e. The van der Waals surface area contributed by atoms with Crippen molar-refractivity contribution in [1.29, 1.82) is 0 Å². The first-order valence-electron chi connectivity index (χ1n) is 37.5. The predicted octanol–water partition coefficient (Wildman–Crippen LogP) is 5.30. The van der Waals surface area contributed by atoms with Gasteiger partial charge in [-0.25, -0.2) is 8.78 Å². The number of carbonyl (C=O) groups excluding carboxylic acids is 12. The first-order valence-corrected chi connectivity index (χ1v) is 37.8. The Labute approximate surface area is 626 Å². The van der Waals surface area contributed by atoms with Crippen LogP contribution in [0.15, 0.2) is 18.2 Å². The van der Waals surface area contributed by atoms with E-state index in [0.717, 1.165) is 69.9 Å². The van der Waals surface area contributed by atoms with Crippen molar-refractivity contribution in [3.8, 4) is 0 Å². The van der Waals surface area contributed by atoms with E-state index in [1.807, 2.05) is 20.8 Å². The van der Waals surface area contributed by atoms with Crippen LogP contribution in [-0.2, 0) is 74.9 Å². The van der Waals surface area contributed by atoms with Gasteiger partial charge in [-0.1, -0.05) is 104 Å². The van der Waals surface area contributed by atoms with Gasteiger partial charge in [-0.05, 0) is 106 Å². The topological polar surface area (TPSA) is 283 Å². The van der Waals surface area contributed by atoms with Crippen molar-refractivity contribution in [1.82, 2.24) is 64.9 Å². The SMILES string of the molecule is CCCOC[C@@H]1NC(=O)[C@H](CCN2CC(F)(F)C2)N(C)C(=O)[C@H](CCc2ccc(C(F)(F)F)c(Cl)c2)NC(=O)CN(C)C(=O)[C@H](CC2CCCCC2)N(C)C(=O)C2CCN2C(=O)[C@H](C)N(C)C(=O)[C@H]([C@@H](C)CC)NC(=O)[C@H](CC(C)C)N(C)C(=O)C[C@@H](C(=O)N(C)C)N(C)C(=O)[C@H](C2CCCC2)N(C)C1=O. The number of halogens is 6. The molecule has 0 radical (unpaired) electrons. The van der Waals surface area contributed by atoms with Crippen molar-refractivity contribution in [3.05, 3.63) is 34.3 Å². The van der Waals surface area contributed by atoms with E-state index in [1.165, 1.54) is 99.8 Å². The molecule has 12 amide bonds. The Morgan fingerprint density at radius 2 is 1.28 bits per heavy atom. The highest BCUT2D eigenvalue weighted by molar-refractivity contribution is 6.31. The molecule has 3 aliphatic heterocycles. The minimum atomic E-state index is -4.82. The fourth-order valence-electron chi connectivity index (χ4n) is 15.0. The summed E-state index contributed by atoms with van der Waals surface area (Å²) in [5.74, 6) is -13.5. The lowest BCUT2D eigenvalue weighted by atomic mass is 9.84. The third-order valence-electron chi connectivity index (χ3n) is 22.1. The Hall–Kier alpha value is -7.28. The van der Waals surface area contributed by atoms with Gasteiger partial charge < -0.3 is 64.8 Å². The van der Waals surface area contributed by atoms with Crippen molar-refractivity contribution in [2.24, 2.45) is 23.7 Å². The van der Waals surface area contributed by atoms with E-state index in [9.17, 15) is 55.5 Å². The van der Waals surface area contributed by atoms with Crippen LogP contribution in [0.25, 0.3) is 0 Å². The molecule has 596 valence electrons. The average Bonchev–Trinajstić information content (AvgIpc) is 0.858. The van der Waals surface area contributed by atoms with Gasteiger partial charge >= 0.3 is 6.18 Å². The van der Waals surface area contributed by atoms with Crippen molar-refractivity contribution >= 4 is 82.5 Å². The standard InChI is InChI=1S/C74H115ClF5N13O13/c1-16-35-106-41-53-67(100)91(15)62(49-25-21-22-26-49)72(105)90(14)58(68(101)84(7)8)39-60(95)87(11)56(36-44(3)4)64(97)83-61(45(5)17-2)71(104)86(10)46(6)65(98)93-34-32-55(93)70(103)89(13)57(38-47-23-19-18-20-24-47)69(102)85(9)40-59(94)81-52(30-28-48-27-29-50(51(75)37-48)74(78,79)80)66(99)88(12)54(63(96)82-53)31-33-92-42-73(76,77)43-92/h27,29,37,44-47,49,52-58,61-62H,16-26,28,30-36,38-43H2,1-15H3,(H,81,94)(H,82,96)(H,83,97)/t45-,46-,52-,53-,54-,55?,56-,57-,58-,61-,62-/m0/s1. The van der Waals surface area contributed by atoms with E-state index < -0.39 is 198 Å². The van der Waals surface area contributed by atoms with Crippen LogP contribution >= 0.6 is 11.6 Å². The Morgan fingerprint density at radius 1 is 0.679 bits per heavy atom. The molecule has 5 aliphatic rings. The molecular weight excluding hydrogens is 1410 g/mol. The van der Waals surface area contributed by atoms with Crippen LogP contribution in [0.2, 0.25) is 5.02 Å². The molecule has 26 nitrogen and oxygen atoms in total. The van der Waals surface area contributed by atoms with Crippen LogP contribution in [0, 0.1) is 23.7 Å². The molecule has 1 aromatic carbocycles. The first kappa shape index (κ1) is 87.6. The van der Waals surface area contributed by atoms with Crippen LogP contribution in [0.3, 0.4) is 0 Å². The minimum Gasteiger partial charge on any atom is -0.379 e. The van der Waals surface area contributed by atoms with Crippen molar-refractivity contribution in [3.63, 3.8) is 0 Å². The molecule has 3 saturated heterocycles. The number of benzene rings is 1. The molecular formula is C74H115ClF5N13O13. The number of nitrogens with zero attached hydrogens (tertiary/aromatic N) is 10. The van der Waals surface area contributed by atoms with Gasteiger partial charge in [-0.2, -0.15) is 13.2 Å². The predicted molar refractivity (Wildman–Crippen MR) is 386 cm³/mol. The lowest BCUT2D eigenvalue weighted by molar-refractivity contribution is -0.160. The molecule has 32 heteroatoms. The fraction of sp³-hybridized carbons (Fsp3) is 0.757. The number of hydrogen-bond donors (Lipinski definition) is 3. The second-order valence-corrected chi connectivity index (χ2v) is 31.1. The summed E-state index contributed by atoms with van der Waals surface area (Å²) in [6.45, 7) is 7.91. The van der Waals surface area contributed by atoms with Crippen molar-refractivity contribution in [2.45, 2.75) is 230 Å². The Balaban J connectivity index is 1.49. The van der Waals surface area contributed by atoms with Crippen LogP contribution in [-0.4, -0.2) is 296 Å². The number of nitrogens with one attached hydrogen (secondary N) is 3. The Bertz CT molecular complexity index is 3280. The highest BCUT2D eigenvalue weighted by Gasteiger charge is 2.49. The third kappa shape index (κ3) is 22.4. The summed E-state index contributed by atoms with van der Waals surface area (Å²) < 4.78 is 76.8. The maximum atomic E-state index is 15.5. The summed E-state index contributed by atoms with van der Waals surface area (Å²) in [6, 6.07) is -10.8. The van der Waals surface area contributed by atoms with Gasteiger partial charge in [0.1, 0.15) is 60.4 Å². The maximum absolute atomic E-state index is 15.5. The number of hydrogen-bond acceptors (Lipinski definition) is 14. The molecule has 106 heavy (non-hydrogen) atoms. The summed E-state index contributed by atoms with van der Waals surface area (Å²) in [5, 5.41) is 7.65. The van der Waals surface area contributed by atoms with Gasteiger partial charge in [0.25, 0.3) is 5.92 Å². The molecule has 0 spiro atoms. The van der Waals surface area contributed by atoms with E-state index in [1.54, 1.807) is 13.8 Å². The van der Waals surface area contributed by atoms with E-state index in [4.69, 9.17) is 16.3 Å². The second kappa shape index (κ2) is 38.7. The van der Waals surface area contributed by atoms with E-state index in [2.05, 4.69) is 16.0 Å². The quantitative estimate of drug-likeness (QED) is 0.124. The third-order valence-corrected chi connectivity index (χ3v) is 22.4. The summed E-state index contributed by atoms with van der Waals surface area (Å²) in [7, 11) is 12.3. The highest BCUT2D eigenvalue weighted by atomic mass is 35.5. The van der Waals surface area contributed by atoms with Crippen LogP contribution in [0.1, 0.15) is 162 Å². The van der Waals surface area contributed by atoms with Crippen molar-refractivity contribution < 1.29 is 84.2 Å². The number of fused-ring (bicyclic) bond motifs is 1. The van der Waals surface area contributed by atoms with Gasteiger partial charge in [-0.15, -0.1) is 0 Å². The van der Waals surface area contributed by atoms with E-state index in [-0.39, 0.29) is 75.6 Å². The number of rotatable bonds is 18. The largest absolute Gasteiger partial charge is 0.417 e. The van der Waals surface area contributed by atoms with Gasteiger partial charge in [0.2, 0.25) is 70.9 Å². The number of alkyl halides is 5. The lowest BCUT2D eigenvalue weighted by Gasteiger charge is -2.45. The molecule has 11 atom stereocenters. The monoisotopic (exact) mass is 1520 g/mol. The van der Waals surface area contributed by atoms with Crippen LogP contribution < -0.4 is 16.0 Å². The van der Waals surface area contributed by atoms with E-state index >= 15 is 24.0 Å². The summed E-state index contributed by atoms with van der Waals surface area (Å²) in [5.41, 5.74) is -0.932. The molecule has 0 aromatic heterocycles. The van der Waals surface area contributed by atoms with Gasteiger partial charge in [0.15, 0.2) is 0 Å². The van der Waals surface area contributed by atoms with E-state index in [0.29, 0.717) is 38.5 Å². The number of ether oxygens (including phenoxy) is 1. The lowest BCUT2D eigenvalue weighted by Crippen LogP contribution is -2.65.